The third-order valence-electron chi connectivity index (χ3n) is 10.2. The van der Waals surface area contributed by atoms with Crippen molar-refractivity contribution in [3.63, 3.8) is 0 Å². The second-order valence-electron chi connectivity index (χ2n) is 20.1. The summed E-state index contributed by atoms with van der Waals surface area (Å²) in [5.41, 5.74) is 8.91. The summed E-state index contributed by atoms with van der Waals surface area (Å²) >= 11 is 0. The number of hydrogen-bond donors (Lipinski definition) is 1. The molecule has 1 aliphatic heterocycles. The molecular weight excluding hydrogens is 679 g/mol. The van der Waals surface area contributed by atoms with Gasteiger partial charge < -0.3 is 18.9 Å². The standard InChI is InChI=1S/C46H67O6P/c1-28-22-30(23-35(39(28)48)44(9,10)11)18-19-38(47)49-20-21-50-53-51-40-33(24-31(42(3,4)5)26-36(40)45(12,13)14)29(2)34-25-32(43(6,7)8)27-37(41(34)52-53)46(15,16)17/h22-27,29,48H,18-21H2,1-17H3. The highest BCUT2D eigenvalue weighted by Crippen LogP contribution is 2.56. The molecule has 0 bridgehead atoms. The Labute approximate surface area is 322 Å². The van der Waals surface area contributed by atoms with Gasteiger partial charge in [0.1, 0.15) is 23.9 Å². The van der Waals surface area contributed by atoms with E-state index in [0.717, 1.165) is 50.4 Å². The van der Waals surface area contributed by atoms with Crippen LogP contribution in [-0.4, -0.2) is 24.3 Å². The average Bonchev–Trinajstić information content (AvgIpc) is 2.99. The maximum absolute atomic E-state index is 12.9. The largest absolute Gasteiger partial charge is 0.507 e. The van der Waals surface area contributed by atoms with Crippen molar-refractivity contribution < 1.29 is 28.2 Å². The molecular formula is C46H67O6P. The number of aryl methyl sites for hydroxylation is 2. The number of benzene rings is 3. The highest BCUT2D eigenvalue weighted by Gasteiger charge is 2.37. The molecule has 53 heavy (non-hydrogen) atoms. The van der Waals surface area contributed by atoms with Crippen LogP contribution in [0, 0.1) is 6.92 Å². The summed E-state index contributed by atoms with van der Waals surface area (Å²) in [6.45, 7) is 37.4. The van der Waals surface area contributed by atoms with Crippen LogP contribution in [0.3, 0.4) is 0 Å². The lowest BCUT2D eigenvalue weighted by atomic mass is 9.74. The molecule has 0 atom stereocenters. The molecule has 0 aromatic heterocycles. The first kappa shape index (κ1) is 42.7. The minimum Gasteiger partial charge on any atom is -0.507 e. The summed E-state index contributed by atoms with van der Waals surface area (Å²) in [6.07, 6.45) is 0.747. The Bertz CT molecular complexity index is 1720. The number of phenolic OH excluding ortho intramolecular Hbond substituents is 1. The molecule has 7 heteroatoms. The smallest absolute Gasteiger partial charge is 0.463 e. The normalized spacial score (nSPS) is 16.8. The summed E-state index contributed by atoms with van der Waals surface area (Å²) in [5, 5.41) is 10.6. The van der Waals surface area contributed by atoms with E-state index >= 15 is 0 Å². The number of esters is 1. The molecule has 3 aromatic carbocycles. The Morgan fingerprint density at radius 1 is 0.660 bits per heavy atom. The number of fused-ring (bicyclic) bond motifs is 2. The first-order valence-electron chi connectivity index (χ1n) is 19.2. The Balaban J connectivity index is 1.67. The van der Waals surface area contributed by atoms with E-state index in [2.05, 4.69) is 135 Å². The number of aromatic hydroxyl groups is 1. The zero-order chi connectivity index (χ0) is 40.1. The van der Waals surface area contributed by atoms with Gasteiger partial charge in [0.2, 0.25) is 0 Å². The van der Waals surface area contributed by atoms with Gasteiger partial charge in [-0.15, -0.1) is 0 Å². The van der Waals surface area contributed by atoms with Crippen LogP contribution in [0.4, 0.5) is 0 Å². The van der Waals surface area contributed by atoms with E-state index in [1.54, 1.807) is 0 Å². The Morgan fingerprint density at radius 3 is 1.53 bits per heavy atom. The van der Waals surface area contributed by atoms with Crippen LogP contribution in [0.5, 0.6) is 17.2 Å². The second-order valence-corrected chi connectivity index (χ2v) is 21.2. The van der Waals surface area contributed by atoms with Gasteiger partial charge >= 0.3 is 14.6 Å². The zero-order valence-corrected chi connectivity index (χ0v) is 36.7. The highest BCUT2D eigenvalue weighted by molar-refractivity contribution is 7.42. The molecule has 1 N–H and O–H groups in total. The maximum atomic E-state index is 12.9. The van der Waals surface area contributed by atoms with E-state index in [0.29, 0.717) is 12.2 Å². The van der Waals surface area contributed by atoms with E-state index in [-0.39, 0.29) is 58.6 Å². The summed E-state index contributed by atoms with van der Waals surface area (Å²) in [5.74, 6) is 1.62. The monoisotopic (exact) mass is 746 g/mol. The van der Waals surface area contributed by atoms with Crippen LogP contribution in [0.25, 0.3) is 0 Å². The highest BCUT2D eigenvalue weighted by atomic mass is 31.2. The SMILES string of the molecule is Cc1cc(CCC(=O)OCCOP2Oc3c(cc(C(C)(C)C)cc3C(C)(C)C)C(C)c3cc(C(C)(C)C)cc(C(C)(C)C)c3O2)cc(C(C)(C)C)c1O. The minimum absolute atomic E-state index is 0.0123. The molecule has 3 aromatic rings. The first-order valence-corrected chi connectivity index (χ1v) is 20.3. The van der Waals surface area contributed by atoms with Crippen molar-refractivity contribution in [1.82, 2.24) is 0 Å². The van der Waals surface area contributed by atoms with E-state index in [4.69, 9.17) is 18.3 Å². The van der Waals surface area contributed by atoms with Crippen LogP contribution in [-0.2, 0) is 47.6 Å². The zero-order valence-electron chi connectivity index (χ0n) is 35.8. The number of rotatable bonds is 7. The Morgan fingerprint density at radius 2 is 1.11 bits per heavy atom. The molecule has 292 valence electrons. The Kier molecular flexibility index (Phi) is 12.2. The van der Waals surface area contributed by atoms with E-state index < -0.39 is 8.60 Å². The average molecular weight is 747 g/mol. The maximum Gasteiger partial charge on any atom is 0.463 e. The van der Waals surface area contributed by atoms with E-state index in [9.17, 15) is 9.90 Å². The van der Waals surface area contributed by atoms with Gasteiger partial charge in [-0.1, -0.05) is 147 Å². The van der Waals surface area contributed by atoms with Crippen molar-refractivity contribution in [3.8, 4) is 17.2 Å². The Hall–Kier alpha value is -3.08. The molecule has 0 saturated carbocycles. The molecule has 0 fully saturated rings. The topological polar surface area (TPSA) is 74.2 Å². The van der Waals surface area contributed by atoms with Crippen LogP contribution < -0.4 is 9.05 Å². The van der Waals surface area contributed by atoms with Gasteiger partial charge in [-0.3, -0.25) is 9.32 Å². The molecule has 0 spiro atoms. The van der Waals surface area contributed by atoms with Crippen molar-refractivity contribution in [2.45, 2.75) is 164 Å². The number of phenols is 1. The number of carbonyl (C=O) groups is 1. The van der Waals surface area contributed by atoms with Crippen molar-refractivity contribution in [3.05, 3.63) is 86.5 Å². The molecule has 1 heterocycles. The van der Waals surface area contributed by atoms with Crippen LogP contribution in [0.2, 0.25) is 0 Å². The van der Waals surface area contributed by atoms with Crippen LogP contribution >= 0.6 is 8.60 Å². The van der Waals surface area contributed by atoms with Crippen molar-refractivity contribution >= 4 is 14.6 Å². The molecule has 0 saturated heterocycles. The molecule has 4 rings (SSSR count). The van der Waals surface area contributed by atoms with Crippen molar-refractivity contribution in [2.75, 3.05) is 13.2 Å². The molecule has 0 amide bonds. The molecule has 1 aliphatic rings. The molecule has 0 unspecified atom stereocenters. The lowest BCUT2D eigenvalue weighted by molar-refractivity contribution is -0.144. The summed E-state index contributed by atoms with van der Waals surface area (Å²) in [6, 6.07) is 13.1. The number of carbonyl (C=O) groups excluding carboxylic acids is 1. The van der Waals surface area contributed by atoms with E-state index in [1.807, 2.05) is 19.1 Å². The molecule has 0 radical (unpaired) electrons. The lowest BCUT2D eigenvalue weighted by Gasteiger charge is -2.36. The van der Waals surface area contributed by atoms with Gasteiger partial charge in [-0.2, -0.15) is 0 Å². The van der Waals surface area contributed by atoms with Crippen LogP contribution in [0.15, 0.2) is 36.4 Å². The predicted octanol–water partition coefficient (Wildman–Crippen LogP) is 12.5. The summed E-state index contributed by atoms with van der Waals surface area (Å²) in [4.78, 5) is 12.9. The first-order chi connectivity index (χ1) is 24.1. The van der Waals surface area contributed by atoms with Gasteiger partial charge in [-0.25, -0.2) is 0 Å². The van der Waals surface area contributed by atoms with Crippen molar-refractivity contribution in [2.24, 2.45) is 0 Å². The number of ether oxygens (including phenoxy) is 1. The van der Waals surface area contributed by atoms with E-state index in [1.165, 1.54) is 11.1 Å². The van der Waals surface area contributed by atoms with Gasteiger partial charge in [-0.05, 0) is 68.2 Å². The summed E-state index contributed by atoms with van der Waals surface area (Å²) < 4.78 is 25.8. The third-order valence-corrected chi connectivity index (χ3v) is 11.2. The second kappa shape index (κ2) is 15.2. The quantitative estimate of drug-likeness (QED) is 0.147. The van der Waals surface area contributed by atoms with Gasteiger partial charge in [0.25, 0.3) is 0 Å². The molecule has 6 nitrogen and oxygen atoms in total. The predicted molar refractivity (Wildman–Crippen MR) is 220 cm³/mol. The minimum atomic E-state index is -1.92. The fourth-order valence-corrected chi connectivity index (χ4v) is 7.75. The molecule has 0 aliphatic carbocycles. The lowest BCUT2D eigenvalue weighted by Crippen LogP contribution is -2.23. The van der Waals surface area contributed by atoms with Gasteiger partial charge in [0.05, 0.1) is 6.61 Å². The fourth-order valence-electron chi connectivity index (χ4n) is 6.67. The van der Waals surface area contributed by atoms with Crippen LogP contribution in [0.1, 0.15) is 173 Å². The summed E-state index contributed by atoms with van der Waals surface area (Å²) in [7, 11) is -1.92. The van der Waals surface area contributed by atoms with Crippen molar-refractivity contribution in [1.29, 1.82) is 0 Å². The van der Waals surface area contributed by atoms with Gasteiger partial charge in [0.15, 0.2) is 0 Å². The third kappa shape index (κ3) is 10.2. The van der Waals surface area contributed by atoms with Gasteiger partial charge in [0, 0.05) is 34.6 Å². The number of hydrogen-bond acceptors (Lipinski definition) is 6. The fraction of sp³-hybridized carbons (Fsp3) is 0.587.